The zero-order valence-corrected chi connectivity index (χ0v) is 10.9. The summed E-state index contributed by atoms with van der Waals surface area (Å²) in [6.07, 6.45) is 2.34. The first kappa shape index (κ1) is 13.2. The minimum absolute atomic E-state index is 0.00521. The molecule has 1 saturated heterocycles. The van der Waals surface area contributed by atoms with E-state index in [-0.39, 0.29) is 17.4 Å². The van der Waals surface area contributed by atoms with Crippen LogP contribution in [-0.4, -0.2) is 33.6 Å². The first-order valence-electron chi connectivity index (χ1n) is 5.58. The van der Waals surface area contributed by atoms with Gasteiger partial charge in [0.25, 0.3) is 5.91 Å². The van der Waals surface area contributed by atoms with Gasteiger partial charge in [-0.2, -0.15) is 4.90 Å². The molecule has 2 heterocycles. The summed E-state index contributed by atoms with van der Waals surface area (Å²) in [4.78, 5) is 28.4. The third-order valence-electron chi connectivity index (χ3n) is 2.31. The number of ether oxygens (including phenoxy) is 1. The average molecular weight is 277 g/mol. The number of amides is 2. The molecule has 1 fully saturated rings. The second-order valence-corrected chi connectivity index (χ2v) is 3.97. The van der Waals surface area contributed by atoms with Gasteiger partial charge in [-0.3, -0.25) is 9.78 Å². The lowest BCUT2D eigenvalue weighted by Gasteiger charge is -2.10. The van der Waals surface area contributed by atoms with E-state index in [1.807, 2.05) is 0 Å². The highest BCUT2D eigenvalue weighted by atomic mass is 32.1. The molecule has 1 aliphatic rings. The van der Waals surface area contributed by atoms with E-state index in [2.05, 4.69) is 10.3 Å². The molecule has 2 amide bonds. The Morgan fingerprint density at radius 1 is 1.58 bits per heavy atom. The van der Waals surface area contributed by atoms with E-state index in [0.29, 0.717) is 5.69 Å². The van der Waals surface area contributed by atoms with Gasteiger partial charge in [-0.15, -0.1) is 0 Å². The van der Waals surface area contributed by atoms with Gasteiger partial charge in [0.1, 0.15) is 5.70 Å². The number of hydrogen-bond donors (Lipinski definition) is 1. The Hall–Kier alpha value is -2.28. The second kappa shape index (κ2) is 5.57. The number of imide groups is 1. The summed E-state index contributed by atoms with van der Waals surface area (Å²) >= 11 is 4.93. The van der Waals surface area contributed by atoms with Crippen molar-refractivity contribution >= 4 is 35.4 Å². The van der Waals surface area contributed by atoms with Gasteiger partial charge >= 0.3 is 6.09 Å². The highest BCUT2D eigenvalue weighted by Gasteiger charge is 2.36. The third kappa shape index (κ3) is 2.76. The zero-order chi connectivity index (χ0) is 13.8. The molecule has 0 aliphatic carbocycles. The van der Waals surface area contributed by atoms with E-state index in [9.17, 15) is 9.59 Å². The maximum Gasteiger partial charge on any atom is 0.423 e. The monoisotopic (exact) mass is 277 g/mol. The smallest absolute Gasteiger partial charge is 0.423 e. The lowest BCUT2D eigenvalue weighted by atomic mass is 10.3. The van der Waals surface area contributed by atoms with Crippen molar-refractivity contribution in [1.29, 1.82) is 0 Å². The standard InChI is InChI=1S/C12H11N3O3S/c1-2-18-12(17)15-10(16)9(14-11(15)19)7-8-5-3-4-6-13-8/h3-7H,2H2,1H3,(H,14,19)/b9-7-. The van der Waals surface area contributed by atoms with Gasteiger partial charge < -0.3 is 10.1 Å². The van der Waals surface area contributed by atoms with Crippen LogP contribution in [0.1, 0.15) is 12.6 Å². The molecule has 0 aromatic carbocycles. The lowest BCUT2D eigenvalue weighted by molar-refractivity contribution is -0.121. The second-order valence-electron chi connectivity index (χ2n) is 3.58. The minimum atomic E-state index is -0.783. The fourth-order valence-corrected chi connectivity index (χ4v) is 1.77. The molecule has 0 radical (unpaired) electrons. The largest absolute Gasteiger partial charge is 0.449 e. The number of nitrogens with one attached hydrogen (secondary N) is 1. The van der Waals surface area contributed by atoms with Crippen molar-refractivity contribution in [2.75, 3.05) is 6.61 Å². The van der Waals surface area contributed by atoms with Crippen molar-refractivity contribution in [2.24, 2.45) is 0 Å². The van der Waals surface area contributed by atoms with E-state index < -0.39 is 12.0 Å². The Bertz CT molecular complexity index is 557. The molecule has 98 valence electrons. The van der Waals surface area contributed by atoms with Gasteiger partial charge in [0.15, 0.2) is 5.11 Å². The predicted molar refractivity (Wildman–Crippen MR) is 71.8 cm³/mol. The van der Waals surface area contributed by atoms with Gasteiger partial charge in [0.05, 0.1) is 12.3 Å². The molecule has 7 heteroatoms. The topological polar surface area (TPSA) is 71.5 Å². The number of hydrogen-bond acceptors (Lipinski definition) is 5. The Labute approximate surface area is 115 Å². The highest BCUT2D eigenvalue weighted by Crippen LogP contribution is 2.14. The summed E-state index contributed by atoms with van der Waals surface area (Å²) in [5.74, 6) is -0.547. The number of thiocarbonyl (C=S) groups is 1. The molecular formula is C12H11N3O3S. The van der Waals surface area contributed by atoms with Crippen LogP contribution in [0.5, 0.6) is 0 Å². The average Bonchev–Trinajstić information content (AvgIpc) is 2.66. The molecule has 2 rings (SSSR count). The molecule has 0 saturated carbocycles. The van der Waals surface area contributed by atoms with Crippen LogP contribution in [0.4, 0.5) is 4.79 Å². The summed E-state index contributed by atoms with van der Waals surface area (Å²) in [6, 6.07) is 5.29. The van der Waals surface area contributed by atoms with Crippen LogP contribution in [-0.2, 0) is 9.53 Å². The predicted octanol–water partition coefficient (Wildman–Crippen LogP) is 1.30. The molecule has 0 spiro atoms. The number of nitrogens with zero attached hydrogens (tertiary/aromatic N) is 2. The SMILES string of the molecule is CCOC(=O)N1C(=O)/C(=C/c2ccccn2)NC1=S. The van der Waals surface area contributed by atoms with Crippen molar-refractivity contribution < 1.29 is 14.3 Å². The number of carbonyl (C=O) groups is 2. The molecule has 1 aliphatic heterocycles. The van der Waals surface area contributed by atoms with Crippen LogP contribution < -0.4 is 5.32 Å². The number of carbonyl (C=O) groups excluding carboxylic acids is 2. The molecule has 6 nitrogen and oxygen atoms in total. The van der Waals surface area contributed by atoms with Crippen molar-refractivity contribution in [3.8, 4) is 0 Å². The highest BCUT2D eigenvalue weighted by molar-refractivity contribution is 7.80. The van der Waals surface area contributed by atoms with Crippen molar-refractivity contribution in [1.82, 2.24) is 15.2 Å². The molecule has 1 aromatic rings. The molecule has 19 heavy (non-hydrogen) atoms. The quantitative estimate of drug-likeness (QED) is 0.649. The fourth-order valence-electron chi connectivity index (χ4n) is 1.50. The number of rotatable bonds is 2. The van der Waals surface area contributed by atoms with Crippen LogP contribution in [0.25, 0.3) is 6.08 Å². The lowest BCUT2D eigenvalue weighted by Crippen LogP contribution is -2.37. The van der Waals surface area contributed by atoms with Gasteiger partial charge in [-0.05, 0) is 37.4 Å². The fraction of sp³-hybridized carbons (Fsp3) is 0.167. The molecular weight excluding hydrogens is 266 g/mol. The van der Waals surface area contributed by atoms with Crippen LogP contribution in [0.3, 0.4) is 0 Å². The zero-order valence-electron chi connectivity index (χ0n) is 10.1. The van der Waals surface area contributed by atoms with Gasteiger partial charge in [0, 0.05) is 6.20 Å². The van der Waals surface area contributed by atoms with E-state index in [1.54, 1.807) is 31.3 Å². The first-order chi connectivity index (χ1) is 9.13. The molecule has 0 bridgehead atoms. The van der Waals surface area contributed by atoms with Gasteiger partial charge in [0.2, 0.25) is 0 Å². The Morgan fingerprint density at radius 3 is 3.00 bits per heavy atom. The van der Waals surface area contributed by atoms with Crippen LogP contribution >= 0.6 is 12.2 Å². The van der Waals surface area contributed by atoms with E-state index >= 15 is 0 Å². The van der Waals surface area contributed by atoms with Crippen LogP contribution in [0, 0.1) is 0 Å². The third-order valence-corrected chi connectivity index (χ3v) is 2.59. The number of aromatic nitrogens is 1. The molecule has 0 atom stereocenters. The Balaban J connectivity index is 2.23. The summed E-state index contributed by atoms with van der Waals surface area (Å²) in [5, 5.41) is 2.67. The van der Waals surface area contributed by atoms with Crippen LogP contribution in [0.2, 0.25) is 0 Å². The summed E-state index contributed by atoms with van der Waals surface area (Å²) < 4.78 is 4.76. The van der Waals surface area contributed by atoms with E-state index in [1.165, 1.54) is 6.08 Å². The maximum absolute atomic E-state index is 12.0. The minimum Gasteiger partial charge on any atom is -0.449 e. The van der Waals surface area contributed by atoms with Gasteiger partial charge in [-0.25, -0.2) is 4.79 Å². The van der Waals surface area contributed by atoms with Crippen molar-refractivity contribution in [3.05, 3.63) is 35.8 Å². The summed E-state index contributed by atoms with van der Waals surface area (Å²) in [5.41, 5.74) is 0.781. The van der Waals surface area contributed by atoms with Crippen molar-refractivity contribution in [3.63, 3.8) is 0 Å². The Morgan fingerprint density at radius 2 is 2.37 bits per heavy atom. The molecule has 1 N–H and O–H groups in total. The van der Waals surface area contributed by atoms with Crippen molar-refractivity contribution in [2.45, 2.75) is 6.92 Å². The van der Waals surface area contributed by atoms with E-state index in [0.717, 1.165) is 4.90 Å². The molecule has 1 aromatic heterocycles. The Kier molecular flexibility index (Phi) is 3.86. The van der Waals surface area contributed by atoms with E-state index in [4.69, 9.17) is 17.0 Å². The summed E-state index contributed by atoms with van der Waals surface area (Å²) in [7, 11) is 0. The summed E-state index contributed by atoms with van der Waals surface area (Å²) in [6.45, 7) is 1.82. The molecule has 0 unspecified atom stereocenters. The first-order valence-corrected chi connectivity index (χ1v) is 5.99. The normalized spacial score (nSPS) is 16.7. The van der Waals surface area contributed by atoms with Crippen LogP contribution in [0.15, 0.2) is 30.1 Å². The maximum atomic E-state index is 12.0. The van der Waals surface area contributed by atoms with Gasteiger partial charge in [-0.1, -0.05) is 6.07 Å². The number of pyridine rings is 1.